The summed E-state index contributed by atoms with van der Waals surface area (Å²) in [5.74, 6) is 0.351. The monoisotopic (exact) mass is 248 g/mol. The van der Waals surface area contributed by atoms with Crippen molar-refractivity contribution in [2.24, 2.45) is 5.41 Å². The third kappa shape index (κ3) is 1.67. The summed E-state index contributed by atoms with van der Waals surface area (Å²) in [6.45, 7) is 10.9. The Balaban J connectivity index is 2.56. The van der Waals surface area contributed by atoms with Crippen molar-refractivity contribution in [3.8, 4) is 0 Å². The minimum Gasteiger partial charge on any atom is -0.379 e. The molecule has 4 nitrogen and oxygen atoms in total. The molecule has 0 saturated carbocycles. The predicted octanol–water partition coefficient (Wildman–Crippen LogP) is 3.93. The van der Waals surface area contributed by atoms with Crippen molar-refractivity contribution in [1.82, 2.24) is 0 Å². The van der Waals surface area contributed by atoms with E-state index in [1.54, 1.807) is 12.1 Å². The first-order chi connectivity index (χ1) is 8.17. The fourth-order valence-electron chi connectivity index (χ4n) is 2.57. The van der Waals surface area contributed by atoms with Crippen LogP contribution in [0.4, 0.5) is 11.4 Å². The van der Waals surface area contributed by atoms with Crippen molar-refractivity contribution in [3.05, 3.63) is 33.9 Å². The van der Waals surface area contributed by atoms with E-state index >= 15 is 0 Å². The minimum absolute atomic E-state index is 0.0795. The normalized spacial score (nSPS) is 23.9. The molecule has 0 spiro atoms. The molecule has 1 unspecified atom stereocenters. The molecule has 1 aliphatic heterocycles. The highest BCUT2D eigenvalue weighted by molar-refractivity contribution is 5.62. The second-order valence-electron chi connectivity index (χ2n) is 6.22. The maximum atomic E-state index is 10.8. The predicted molar refractivity (Wildman–Crippen MR) is 73.0 cm³/mol. The van der Waals surface area contributed by atoms with E-state index in [1.165, 1.54) is 0 Å². The molecular formula is C14H20N2O2. The van der Waals surface area contributed by atoms with Gasteiger partial charge in [-0.05, 0) is 36.8 Å². The standard InChI is InChI=1S/C14H20N2O2/c1-9-11-7-6-10(16(17)18)8-12(11)15-14(4,5)13(9,2)3/h6-9,15H,1-5H3. The van der Waals surface area contributed by atoms with Gasteiger partial charge < -0.3 is 5.32 Å². The van der Waals surface area contributed by atoms with Crippen LogP contribution in [-0.2, 0) is 0 Å². The van der Waals surface area contributed by atoms with Gasteiger partial charge in [0, 0.05) is 23.4 Å². The fraction of sp³-hybridized carbons (Fsp3) is 0.571. The topological polar surface area (TPSA) is 55.2 Å². The Labute approximate surface area is 108 Å². The number of fused-ring (bicyclic) bond motifs is 1. The van der Waals surface area contributed by atoms with Crippen LogP contribution in [0.1, 0.15) is 46.1 Å². The molecule has 1 aromatic carbocycles. The molecular weight excluding hydrogens is 228 g/mol. The van der Waals surface area contributed by atoms with E-state index in [0.29, 0.717) is 5.92 Å². The molecule has 4 heteroatoms. The highest BCUT2D eigenvalue weighted by atomic mass is 16.6. The Morgan fingerprint density at radius 2 is 1.89 bits per heavy atom. The smallest absolute Gasteiger partial charge is 0.271 e. The molecule has 1 heterocycles. The van der Waals surface area contributed by atoms with Gasteiger partial charge in [0.2, 0.25) is 0 Å². The van der Waals surface area contributed by atoms with Crippen LogP contribution in [0.5, 0.6) is 0 Å². The Morgan fingerprint density at radius 3 is 2.44 bits per heavy atom. The Kier molecular flexibility index (Phi) is 2.65. The Morgan fingerprint density at radius 1 is 1.28 bits per heavy atom. The number of benzene rings is 1. The van der Waals surface area contributed by atoms with Gasteiger partial charge in [0.05, 0.1) is 4.92 Å². The van der Waals surface area contributed by atoms with Crippen LogP contribution in [0.3, 0.4) is 0 Å². The molecule has 0 amide bonds. The van der Waals surface area contributed by atoms with Crippen molar-refractivity contribution < 1.29 is 4.92 Å². The molecule has 0 aromatic heterocycles. The van der Waals surface area contributed by atoms with Crippen molar-refractivity contribution in [3.63, 3.8) is 0 Å². The number of nitrogens with zero attached hydrogens (tertiary/aromatic N) is 1. The maximum Gasteiger partial charge on any atom is 0.271 e. The summed E-state index contributed by atoms with van der Waals surface area (Å²) >= 11 is 0. The molecule has 0 bridgehead atoms. The average Bonchev–Trinajstić information content (AvgIpc) is 2.25. The van der Waals surface area contributed by atoms with E-state index in [-0.39, 0.29) is 21.6 Å². The van der Waals surface area contributed by atoms with Crippen LogP contribution >= 0.6 is 0 Å². The van der Waals surface area contributed by atoms with E-state index in [4.69, 9.17) is 0 Å². The van der Waals surface area contributed by atoms with Gasteiger partial charge in [-0.2, -0.15) is 0 Å². The lowest BCUT2D eigenvalue weighted by Gasteiger charge is -2.51. The summed E-state index contributed by atoms with van der Waals surface area (Å²) in [5, 5.41) is 14.3. The maximum absolute atomic E-state index is 10.8. The number of non-ortho nitro benzene ring substituents is 1. The summed E-state index contributed by atoms with van der Waals surface area (Å²) in [6.07, 6.45) is 0. The van der Waals surface area contributed by atoms with Crippen LogP contribution < -0.4 is 5.32 Å². The molecule has 18 heavy (non-hydrogen) atoms. The van der Waals surface area contributed by atoms with Crippen LogP contribution in [0, 0.1) is 15.5 Å². The molecule has 0 fully saturated rings. The highest BCUT2D eigenvalue weighted by Crippen LogP contribution is 2.51. The first-order valence-electron chi connectivity index (χ1n) is 6.23. The molecule has 0 saturated heterocycles. The first kappa shape index (κ1) is 12.9. The van der Waals surface area contributed by atoms with Crippen molar-refractivity contribution in [2.45, 2.75) is 46.1 Å². The lowest BCUT2D eigenvalue weighted by molar-refractivity contribution is -0.384. The molecule has 0 aliphatic carbocycles. The molecule has 1 aliphatic rings. The molecule has 0 radical (unpaired) electrons. The largest absolute Gasteiger partial charge is 0.379 e. The number of nitro benzene ring substituents is 1. The zero-order chi connectivity index (χ0) is 13.7. The Hall–Kier alpha value is -1.58. The van der Waals surface area contributed by atoms with E-state index < -0.39 is 0 Å². The SMILES string of the molecule is CC1c2ccc([N+](=O)[O-])cc2NC(C)(C)C1(C)C. The van der Waals surface area contributed by atoms with Gasteiger partial charge in [-0.15, -0.1) is 0 Å². The van der Waals surface area contributed by atoms with E-state index in [1.807, 2.05) is 6.07 Å². The average molecular weight is 248 g/mol. The van der Waals surface area contributed by atoms with Crippen LogP contribution in [0.2, 0.25) is 0 Å². The number of anilines is 1. The summed E-state index contributed by atoms with van der Waals surface area (Å²) in [7, 11) is 0. The van der Waals surface area contributed by atoms with Crippen molar-refractivity contribution >= 4 is 11.4 Å². The number of rotatable bonds is 1. The molecule has 1 atom stereocenters. The summed E-state index contributed by atoms with van der Waals surface area (Å²) < 4.78 is 0. The second kappa shape index (κ2) is 3.70. The van der Waals surface area contributed by atoms with Gasteiger partial charge >= 0.3 is 0 Å². The summed E-state index contributed by atoms with van der Waals surface area (Å²) in [4.78, 5) is 10.5. The molecule has 2 rings (SSSR count). The van der Waals surface area contributed by atoms with Gasteiger partial charge in [0.25, 0.3) is 5.69 Å². The fourth-order valence-corrected chi connectivity index (χ4v) is 2.57. The molecule has 1 N–H and O–H groups in total. The third-order valence-electron chi connectivity index (χ3n) is 4.85. The van der Waals surface area contributed by atoms with Gasteiger partial charge in [0.1, 0.15) is 0 Å². The van der Waals surface area contributed by atoms with Gasteiger partial charge in [-0.25, -0.2) is 0 Å². The quantitative estimate of drug-likeness (QED) is 0.605. The number of nitrogens with one attached hydrogen (secondary N) is 1. The zero-order valence-corrected chi connectivity index (χ0v) is 11.6. The first-order valence-corrected chi connectivity index (χ1v) is 6.23. The van der Waals surface area contributed by atoms with Gasteiger partial charge in [-0.3, -0.25) is 10.1 Å². The van der Waals surface area contributed by atoms with E-state index in [0.717, 1.165) is 11.3 Å². The van der Waals surface area contributed by atoms with E-state index in [2.05, 4.69) is 39.9 Å². The van der Waals surface area contributed by atoms with E-state index in [9.17, 15) is 10.1 Å². The lowest BCUT2D eigenvalue weighted by atomic mass is 9.62. The molecule has 1 aromatic rings. The van der Waals surface area contributed by atoms with Crippen LogP contribution in [-0.4, -0.2) is 10.5 Å². The van der Waals surface area contributed by atoms with Crippen LogP contribution in [0.15, 0.2) is 18.2 Å². The minimum atomic E-state index is -0.348. The zero-order valence-electron chi connectivity index (χ0n) is 11.6. The van der Waals surface area contributed by atoms with Crippen LogP contribution in [0.25, 0.3) is 0 Å². The highest BCUT2D eigenvalue weighted by Gasteiger charge is 2.46. The lowest BCUT2D eigenvalue weighted by Crippen LogP contribution is -2.51. The van der Waals surface area contributed by atoms with Crippen molar-refractivity contribution in [1.29, 1.82) is 0 Å². The van der Waals surface area contributed by atoms with Gasteiger partial charge in [0.15, 0.2) is 0 Å². The summed E-state index contributed by atoms with van der Waals surface area (Å²) in [5.41, 5.74) is 2.17. The number of hydrogen-bond donors (Lipinski definition) is 1. The number of nitro groups is 1. The Bertz CT molecular complexity index is 507. The third-order valence-corrected chi connectivity index (χ3v) is 4.85. The summed E-state index contributed by atoms with van der Waals surface area (Å²) in [6, 6.07) is 5.11. The molecule has 98 valence electrons. The van der Waals surface area contributed by atoms with Crippen molar-refractivity contribution in [2.75, 3.05) is 5.32 Å². The second-order valence-corrected chi connectivity index (χ2v) is 6.22. The van der Waals surface area contributed by atoms with Gasteiger partial charge in [-0.1, -0.05) is 20.8 Å². The number of hydrogen-bond acceptors (Lipinski definition) is 3.